The minimum Gasteiger partial charge on any atom is -0.303 e. The van der Waals surface area contributed by atoms with E-state index in [0.717, 1.165) is 31.8 Å². The van der Waals surface area contributed by atoms with Crippen molar-refractivity contribution in [3.8, 4) is 6.07 Å². The summed E-state index contributed by atoms with van der Waals surface area (Å²) in [5.74, 6) is 0.847. The average Bonchev–Trinajstić information content (AvgIpc) is 2.29. The molecule has 0 bridgehead atoms. The largest absolute Gasteiger partial charge is 0.303 e. The number of nitrogens with zero attached hydrogens (tertiary/aromatic N) is 2. The molecule has 0 spiro atoms. The van der Waals surface area contributed by atoms with E-state index in [4.69, 9.17) is 5.26 Å². The second-order valence-electron chi connectivity index (χ2n) is 5.63. The minimum absolute atomic E-state index is 0.337. The maximum Gasteiger partial charge on any atom is 0.103 e. The molecule has 0 aromatic rings. The SMILES string of the molecule is CCNC(C)(C#N)CCCN1CCCC(C)C1. The fourth-order valence-electron chi connectivity index (χ4n) is 2.72. The molecule has 0 saturated carbocycles. The Balaban J connectivity index is 2.24. The molecule has 1 aliphatic rings. The molecule has 17 heavy (non-hydrogen) atoms. The molecule has 1 fully saturated rings. The third-order valence-electron chi connectivity index (χ3n) is 3.71. The highest BCUT2D eigenvalue weighted by Gasteiger charge is 2.22. The van der Waals surface area contributed by atoms with Gasteiger partial charge in [0, 0.05) is 6.54 Å². The number of hydrogen-bond donors (Lipinski definition) is 1. The van der Waals surface area contributed by atoms with E-state index >= 15 is 0 Å². The Hall–Kier alpha value is -0.590. The van der Waals surface area contributed by atoms with Crippen LogP contribution in [0, 0.1) is 17.2 Å². The van der Waals surface area contributed by atoms with Gasteiger partial charge in [-0.05, 0) is 58.2 Å². The number of likely N-dealkylation sites (tertiary alicyclic amines) is 1. The fourth-order valence-corrected chi connectivity index (χ4v) is 2.72. The van der Waals surface area contributed by atoms with E-state index in [0.29, 0.717) is 0 Å². The van der Waals surface area contributed by atoms with Crippen LogP contribution < -0.4 is 5.32 Å². The van der Waals surface area contributed by atoms with Crippen LogP contribution in [0.2, 0.25) is 0 Å². The molecule has 2 unspecified atom stereocenters. The van der Waals surface area contributed by atoms with Gasteiger partial charge in [0.25, 0.3) is 0 Å². The van der Waals surface area contributed by atoms with Crippen molar-refractivity contribution in [1.29, 1.82) is 5.26 Å². The van der Waals surface area contributed by atoms with E-state index in [2.05, 4.69) is 30.1 Å². The molecule has 0 amide bonds. The van der Waals surface area contributed by atoms with Crippen LogP contribution >= 0.6 is 0 Å². The zero-order valence-electron chi connectivity index (χ0n) is 11.6. The predicted octanol–water partition coefficient (Wildman–Crippen LogP) is 2.39. The van der Waals surface area contributed by atoms with Crippen LogP contribution in [0.1, 0.15) is 46.5 Å². The van der Waals surface area contributed by atoms with Gasteiger partial charge in [0.05, 0.1) is 6.07 Å². The third-order valence-corrected chi connectivity index (χ3v) is 3.71. The Bertz CT molecular complexity index is 259. The molecule has 1 rings (SSSR count). The normalized spacial score (nSPS) is 25.2. The van der Waals surface area contributed by atoms with Gasteiger partial charge in [0.15, 0.2) is 0 Å². The van der Waals surface area contributed by atoms with Crippen molar-refractivity contribution in [2.24, 2.45) is 5.92 Å². The van der Waals surface area contributed by atoms with Crippen molar-refractivity contribution in [3.05, 3.63) is 0 Å². The Morgan fingerprint density at radius 1 is 1.53 bits per heavy atom. The third kappa shape index (κ3) is 5.06. The number of hydrogen-bond acceptors (Lipinski definition) is 3. The van der Waals surface area contributed by atoms with Gasteiger partial charge in [-0.1, -0.05) is 13.8 Å². The Morgan fingerprint density at radius 2 is 2.29 bits per heavy atom. The summed E-state index contributed by atoms with van der Waals surface area (Å²) in [4.78, 5) is 2.55. The summed E-state index contributed by atoms with van der Waals surface area (Å²) >= 11 is 0. The summed E-state index contributed by atoms with van der Waals surface area (Å²) in [5.41, 5.74) is -0.337. The van der Waals surface area contributed by atoms with Gasteiger partial charge in [0.2, 0.25) is 0 Å². The summed E-state index contributed by atoms with van der Waals surface area (Å²) in [5, 5.41) is 12.4. The van der Waals surface area contributed by atoms with Crippen molar-refractivity contribution in [1.82, 2.24) is 10.2 Å². The molecule has 1 saturated heterocycles. The Kier molecular flexibility index (Phi) is 5.94. The van der Waals surface area contributed by atoms with Gasteiger partial charge < -0.3 is 4.90 Å². The lowest BCUT2D eigenvalue weighted by atomic mass is 9.96. The highest BCUT2D eigenvalue weighted by Crippen LogP contribution is 2.17. The highest BCUT2D eigenvalue weighted by atomic mass is 15.1. The molecule has 2 atom stereocenters. The van der Waals surface area contributed by atoms with E-state index < -0.39 is 0 Å². The summed E-state index contributed by atoms with van der Waals surface area (Å²) in [6.07, 6.45) is 4.78. The predicted molar refractivity (Wildman–Crippen MR) is 71.8 cm³/mol. The van der Waals surface area contributed by atoms with Crippen LogP contribution in [0.4, 0.5) is 0 Å². The molecule has 98 valence electrons. The van der Waals surface area contributed by atoms with Gasteiger partial charge in [0.1, 0.15) is 5.54 Å². The van der Waals surface area contributed by atoms with E-state index in [1.165, 1.54) is 25.9 Å². The maximum absolute atomic E-state index is 9.17. The van der Waals surface area contributed by atoms with E-state index in [1.807, 2.05) is 6.92 Å². The first-order chi connectivity index (χ1) is 8.09. The first-order valence-corrected chi connectivity index (χ1v) is 6.98. The van der Waals surface area contributed by atoms with Crippen molar-refractivity contribution in [3.63, 3.8) is 0 Å². The Morgan fingerprint density at radius 3 is 2.88 bits per heavy atom. The zero-order chi connectivity index (χ0) is 12.7. The second-order valence-corrected chi connectivity index (χ2v) is 5.63. The number of nitriles is 1. The lowest BCUT2D eigenvalue weighted by Gasteiger charge is -2.31. The minimum atomic E-state index is -0.337. The van der Waals surface area contributed by atoms with E-state index in [9.17, 15) is 0 Å². The van der Waals surface area contributed by atoms with Gasteiger partial charge >= 0.3 is 0 Å². The first-order valence-electron chi connectivity index (χ1n) is 6.98. The monoisotopic (exact) mass is 237 g/mol. The smallest absolute Gasteiger partial charge is 0.103 e. The molecule has 1 heterocycles. The van der Waals surface area contributed by atoms with Crippen LogP contribution in [0.15, 0.2) is 0 Å². The van der Waals surface area contributed by atoms with Crippen LogP contribution in [0.3, 0.4) is 0 Å². The average molecular weight is 237 g/mol. The van der Waals surface area contributed by atoms with Gasteiger partial charge in [-0.3, -0.25) is 5.32 Å². The lowest BCUT2D eigenvalue weighted by molar-refractivity contribution is 0.177. The quantitative estimate of drug-likeness (QED) is 0.771. The molecular weight excluding hydrogens is 210 g/mol. The van der Waals surface area contributed by atoms with Crippen LogP contribution in [-0.4, -0.2) is 36.6 Å². The first kappa shape index (κ1) is 14.5. The second kappa shape index (κ2) is 6.98. The fraction of sp³-hybridized carbons (Fsp3) is 0.929. The molecule has 0 aliphatic carbocycles. The summed E-state index contributed by atoms with van der Waals surface area (Å²) in [6, 6.07) is 2.40. The topological polar surface area (TPSA) is 39.1 Å². The number of nitrogens with one attached hydrogen (secondary N) is 1. The standard InChI is InChI=1S/C14H27N3/c1-4-16-14(3,12-15)8-6-10-17-9-5-7-13(2)11-17/h13,16H,4-11H2,1-3H3. The van der Waals surface area contributed by atoms with Gasteiger partial charge in [-0.2, -0.15) is 5.26 Å². The van der Waals surface area contributed by atoms with E-state index in [1.54, 1.807) is 0 Å². The van der Waals surface area contributed by atoms with Crippen LogP contribution in [0.25, 0.3) is 0 Å². The molecular formula is C14H27N3. The highest BCUT2D eigenvalue weighted by molar-refractivity contribution is 5.03. The maximum atomic E-state index is 9.17. The number of rotatable bonds is 6. The van der Waals surface area contributed by atoms with Crippen LogP contribution in [-0.2, 0) is 0 Å². The molecule has 3 nitrogen and oxygen atoms in total. The molecule has 3 heteroatoms. The Labute approximate surface area is 106 Å². The lowest BCUT2D eigenvalue weighted by Crippen LogP contribution is -2.42. The molecule has 0 radical (unpaired) electrons. The molecule has 0 aromatic carbocycles. The van der Waals surface area contributed by atoms with Gasteiger partial charge in [-0.25, -0.2) is 0 Å². The summed E-state index contributed by atoms with van der Waals surface area (Å²) in [6.45, 7) is 10.9. The van der Waals surface area contributed by atoms with Crippen LogP contribution in [0.5, 0.6) is 0 Å². The van der Waals surface area contributed by atoms with Crippen molar-refractivity contribution >= 4 is 0 Å². The molecule has 1 aliphatic heterocycles. The number of piperidine rings is 1. The van der Waals surface area contributed by atoms with Crippen molar-refractivity contribution < 1.29 is 0 Å². The van der Waals surface area contributed by atoms with E-state index in [-0.39, 0.29) is 5.54 Å². The zero-order valence-corrected chi connectivity index (χ0v) is 11.6. The molecule has 1 N–H and O–H groups in total. The summed E-state index contributed by atoms with van der Waals surface area (Å²) < 4.78 is 0. The molecule has 0 aromatic heterocycles. The summed E-state index contributed by atoms with van der Waals surface area (Å²) in [7, 11) is 0. The van der Waals surface area contributed by atoms with Crippen molar-refractivity contribution in [2.45, 2.75) is 52.0 Å². The van der Waals surface area contributed by atoms with Crippen molar-refractivity contribution in [2.75, 3.05) is 26.2 Å². The van der Waals surface area contributed by atoms with Gasteiger partial charge in [-0.15, -0.1) is 0 Å².